The Balaban J connectivity index is 1.46. The molecule has 0 spiro atoms. The van der Waals surface area contributed by atoms with Gasteiger partial charge >= 0.3 is 0 Å². The van der Waals surface area contributed by atoms with Crippen molar-refractivity contribution in [1.29, 1.82) is 0 Å². The van der Waals surface area contributed by atoms with Gasteiger partial charge in [0.2, 0.25) is 0 Å². The van der Waals surface area contributed by atoms with E-state index in [0.29, 0.717) is 23.8 Å². The number of aryl methyl sites for hydroxylation is 2. The van der Waals surface area contributed by atoms with Crippen molar-refractivity contribution in [3.8, 4) is 5.75 Å². The third-order valence-corrected chi connectivity index (χ3v) is 5.32. The molecule has 0 saturated carbocycles. The van der Waals surface area contributed by atoms with Gasteiger partial charge in [-0.25, -0.2) is 0 Å². The topological polar surface area (TPSA) is 54.7 Å². The van der Waals surface area contributed by atoms with Crippen molar-refractivity contribution >= 4 is 5.91 Å². The van der Waals surface area contributed by atoms with E-state index in [4.69, 9.17) is 9.15 Å². The highest BCUT2D eigenvalue weighted by Crippen LogP contribution is 2.22. The quantitative estimate of drug-likeness (QED) is 0.678. The molecule has 2 heterocycles. The molecular formula is C24H34N2O3. The van der Waals surface area contributed by atoms with E-state index in [-0.39, 0.29) is 11.9 Å². The van der Waals surface area contributed by atoms with E-state index >= 15 is 0 Å². The van der Waals surface area contributed by atoms with Gasteiger partial charge in [0, 0.05) is 24.9 Å². The fourth-order valence-corrected chi connectivity index (χ4v) is 3.91. The molecule has 29 heavy (non-hydrogen) atoms. The lowest BCUT2D eigenvalue weighted by atomic mass is 9.98. The van der Waals surface area contributed by atoms with Crippen molar-refractivity contribution in [1.82, 2.24) is 10.2 Å². The lowest BCUT2D eigenvalue weighted by Crippen LogP contribution is -2.38. The maximum absolute atomic E-state index is 12.4. The average Bonchev–Trinajstić information content (AvgIpc) is 3.11. The molecule has 1 amide bonds. The summed E-state index contributed by atoms with van der Waals surface area (Å²) in [6.45, 7) is 9.86. The van der Waals surface area contributed by atoms with Crippen molar-refractivity contribution in [3.05, 3.63) is 53.5 Å². The minimum atomic E-state index is -0.0750. The third kappa shape index (κ3) is 6.64. The van der Waals surface area contributed by atoms with E-state index in [1.54, 1.807) is 0 Å². The van der Waals surface area contributed by atoms with Gasteiger partial charge in [-0.15, -0.1) is 0 Å². The van der Waals surface area contributed by atoms with Gasteiger partial charge in [0.15, 0.2) is 0 Å². The number of hydrogen-bond donors (Lipinski definition) is 1. The summed E-state index contributed by atoms with van der Waals surface area (Å²) < 4.78 is 11.8. The second-order valence-corrected chi connectivity index (χ2v) is 8.36. The molecule has 158 valence electrons. The Morgan fingerprint density at radius 3 is 2.86 bits per heavy atom. The van der Waals surface area contributed by atoms with Crippen LogP contribution in [0.5, 0.6) is 5.75 Å². The van der Waals surface area contributed by atoms with Crippen LogP contribution in [0.4, 0.5) is 0 Å². The van der Waals surface area contributed by atoms with Gasteiger partial charge in [-0.3, -0.25) is 4.79 Å². The first-order chi connectivity index (χ1) is 14.0. The monoisotopic (exact) mass is 398 g/mol. The zero-order chi connectivity index (χ0) is 20.6. The Bertz CT molecular complexity index is 784. The predicted molar refractivity (Wildman–Crippen MR) is 115 cm³/mol. The smallest absolute Gasteiger partial charge is 0.255 e. The SMILES string of the molecule is Cc1ccc(CCCN2CCCC(COc3ccccc3C(=O)NC(C)C)C2)o1. The lowest BCUT2D eigenvalue weighted by Gasteiger charge is -2.32. The Hall–Kier alpha value is -2.27. The Kier molecular flexibility index (Phi) is 7.76. The van der Waals surface area contributed by atoms with Gasteiger partial charge in [-0.05, 0) is 77.4 Å². The van der Waals surface area contributed by atoms with Gasteiger partial charge in [-0.1, -0.05) is 12.1 Å². The van der Waals surface area contributed by atoms with Gasteiger partial charge < -0.3 is 19.4 Å². The number of carbonyl (C=O) groups is 1. The summed E-state index contributed by atoms with van der Waals surface area (Å²) in [5.74, 6) is 3.16. The summed E-state index contributed by atoms with van der Waals surface area (Å²) in [6, 6.07) is 11.7. The minimum absolute atomic E-state index is 0.0750. The molecule has 1 aliphatic heterocycles. The number of rotatable bonds is 9. The van der Waals surface area contributed by atoms with Crippen LogP contribution in [0.3, 0.4) is 0 Å². The second-order valence-electron chi connectivity index (χ2n) is 8.36. The van der Waals surface area contributed by atoms with Crippen LogP contribution in [-0.4, -0.2) is 43.1 Å². The van der Waals surface area contributed by atoms with E-state index in [1.165, 1.54) is 12.8 Å². The molecule has 1 N–H and O–H groups in total. The number of furan rings is 1. The summed E-state index contributed by atoms with van der Waals surface area (Å²) >= 11 is 0. The molecule has 1 aliphatic rings. The van der Waals surface area contributed by atoms with Crippen LogP contribution in [0.15, 0.2) is 40.8 Å². The molecule has 1 unspecified atom stereocenters. The number of hydrogen-bond acceptors (Lipinski definition) is 4. The highest BCUT2D eigenvalue weighted by Gasteiger charge is 2.21. The molecule has 0 bridgehead atoms. The first-order valence-corrected chi connectivity index (χ1v) is 10.8. The van der Waals surface area contributed by atoms with Crippen LogP contribution in [0.2, 0.25) is 0 Å². The predicted octanol–water partition coefficient (Wildman–Crippen LogP) is 4.45. The maximum Gasteiger partial charge on any atom is 0.255 e. The van der Waals surface area contributed by atoms with Gasteiger partial charge in [0.25, 0.3) is 5.91 Å². The van der Waals surface area contributed by atoms with Gasteiger partial charge in [0.1, 0.15) is 17.3 Å². The summed E-state index contributed by atoms with van der Waals surface area (Å²) in [6.07, 6.45) is 4.47. The first-order valence-electron chi connectivity index (χ1n) is 10.8. The number of para-hydroxylation sites is 1. The van der Waals surface area contributed by atoms with Crippen LogP contribution >= 0.6 is 0 Å². The zero-order valence-electron chi connectivity index (χ0n) is 17.9. The highest BCUT2D eigenvalue weighted by molar-refractivity contribution is 5.97. The van der Waals surface area contributed by atoms with Crippen molar-refractivity contribution < 1.29 is 13.9 Å². The molecule has 5 heteroatoms. The van der Waals surface area contributed by atoms with Crippen molar-refractivity contribution in [2.24, 2.45) is 5.92 Å². The molecule has 0 aliphatic carbocycles. The molecule has 2 aromatic rings. The number of benzene rings is 1. The number of nitrogens with one attached hydrogen (secondary N) is 1. The molecule has 1 aromatic carbocycles. The third-order valence-electron chi connectivity index (χ3n) is 5.32. The molecule has 3 rings (SSSR count). The number of amides is 1. The van der Waals surface area contributed by atoms with E-state index < -0.39 is 0 Å². The van der Waals surface area contributed by atoms with Crippen molar-refractivity contribution in [2.45, 2.75) is 52.5 Å². The van der Waals surface area contributed by atoms with Crippen LogP contribution in [-0.2, 0) is 6.42 Å². The van der Waals surface area contributed by atoms with Crippen molar-refractivity contribution in [3.63, 3.8) is 0 Å². The largest absolute Gasteiger partial charge is 0.492 e. The fourth-order valence-electron chi connectivity index (χ4n) is 3.91. The van der Waals surface area contributed by atoms with Gasteiger partial charge in [-0.2, -0.15) is 0 Å². The summed E-state index contributed by atoms with van der Waals surface area (Å²) in [5, 5.41) is 2.95. The summed E-state index contributed by atoms with van der Waals surface area (Å²) in [5.41, 5.74) is 0.614. The number of ether oxygens (including phenoxy) is 1. The lowest BCUT2D eigenvalue weighted by molar-refractivity contribution is 0.0933. The Labute approximate surface area is 174 Å². The van der Waals surface area contributed by atoms with E-state index in [1.807, 2.05) is 51.1 Å². The Morgan fingerprint density at radius 1 is 1.28 bits per heavy atom. The fraction of sp³-hybridized carbons (Fsp3) is 0.542. The normalized spacial score (nSPS) is 17.4. The average molecular weight is 399 g/mol. The van der Waals surface area contributed by atoms with Crippen LogP contribution in [0.1, 0.15) is 55.0 Å². The van der Waals surface area contributed by atoms with E-state index in [0.717, 1.165) is 44.0 Å². The Morgan fingerprint density at radius 2 is 2.10 bits per heavy atom. The molecule has 5 nitrogen and oxygen atoms in total. The minimum Gasteiger partial charge on any atom is -0.492 e. The standard InChI is InChI=1S/C24H34N2O3/c1-18(2)25-24(27)22-10-4-5-11-23(22)28-17-20-8-6-14-26(16-20)15-7-9-21-13-12-19(3)29-21/h4-5,10-13,18,20H,6-9,14-17H2,1-3H3,(H,25,27). The molecule has 1 atom stereocenters. The number of nitrogens with zero attached hydrogens (tertiary/aromatic N) is 1. The number of piperidine rings is 1. The van der Waals surface area contributed by atoms with Crippen LogP contribution in [0.25, 0.3) is 0 Å². The molecule has 0 radical (unpaired) electrons. The zero-order valence-corrected chi connectivity index (χ0v) is 17.9. The van der Waals surface area contributed by atoms with Gasteiger partial charge in [0.05, 0.1) is 12.2 Å². The number of likely N-dealkylation sites (tertiary alicyclic amines) is 1. The maximum atomic E-state index is 12.4. The van der Waals surface area contributed by atoms with E-state index in [9.17, 15) is 4.79 Å². The molecule has 1 aromatic heterocycles. The van der Waals surface area contributed by atoms with Crippen molar-refractivity contribution in [2.75, 3.05) is 26.2 Å². The summed E-state index contributed by atoms with van der Waals surface area (Å²) in [4.78, 5) is 14.9. The van der Waals surface area contributed by atoms with Crippen LogP contribution < -0.4 is 10.1 Å². The second kappa shape index (κ2) is 10.5. The number of carbonyl (C=O) groups excluding carboxylic acids is 1. The van der Waals surface area contributed by atoms with Crippen LogP contribution in [0, 0.1) is 12.8 Å². The molecule has 1 fully saturated rings. The molecular weight excluding hydrogens is 364 g/mol. The highest BCUT2D eigenvalue weighted by atomic mass is 16.5. The first kappa shape index (κ1) is 21.4. The summed E-state index contributed by atoms with van der Waals surface area (Å²) in [7, 11) is 0. The van der Waals surface area contributed by atoms with E-state index in [2.05, 4.69) is 16.3 Å². The molecule has 1 saturated heterocycles.